The molecular weight excluding hydrogens is 432 g/mol. The molecule has 0 aliphatic rings. The first-order valence-corrected chi connectivity index (χ1v) is 10.8. The highest BCUT2D eigenvalue weighted by atomic mass is 35.5. The van der Waals surface area contributed by atoms with E-state index in [0.29, 0.717) is 22.8 Å². The van der Waals surface area contributed by atoms with Crippen LogP contribution >= 0.6 is 11.6 Å². The number of halogens is 1. The van der Waals surface area contributed by atoms with E-state index in [1.165, 1.54) is 0 Å². The zero-order valence-corrected chi connectivity index (χ0v) is 19.4. The van der Waals surface area contributed by atoms with Crippen LogP contribution in [-0.2, 0) is 14.3 Å². The summed E-state index contributed by atoms with van der Waals surface area (Å²) in [5.41, 5.74) is 1.18. The van der Waals surface area contributed by atoms with Crippen LogP contribution in [-0.4, -0.2) is 37.5 Å². The van der Waals surface area contributed by atoms with E-state index < -0.39 is 30.4 Å². The first-order chi connectivity index (χ1) is 15.3. The van der Waals surface area contributed by atoms with Crippen molar-refractivity contribution in [2.75, 3.05) is 13.7 Å². The molecule has 2 aromatic carbocycles. The number of para-hydroxylation sites is 1. The van der Waals surface area contributed by atoms with Crippen LogP contribution in [0.4, 0.5) is 0 Å². The van der Waals surface area contributed by atoms with E-state index in [-0.39, 0.29) is 12.0 Å². The second-order valence-electron chi connectivity index (χ2n) is 7.48. The maximum atomic E-state index is 12.7. The number of benzene rings is 2. The number of carbonyl (C=O) groups excluding carboxylic acids is 3. The second-order valence-corrected chi connectivity index (χ2v) is 7.92. The third kappa shape index (κ3) is 6.99. The Morgan fingerprint density at radius 3 is 2.28 bits per heavy atom. The fourth-order valence-electron chi connectivity index (χ4n) is 3.11. The monoisotopic (exact) mass is 460 g/mol. The van der Waals surface area contributed by atoms with Gasteiger partial charge in [0.1, 0.15) is 11.8 Å². The third-order valence-corrected chi connectivity index (χ3v) is 5.44. The van der Waals surface area contributed by atoms with Crippen molar-refractivity contribution in [2.24, 2.45) is 5.92 Å². The average Bonchev–Trinajstić information content (AvgIpc) is 2.80. The van der Waals surface area contributed by atoms with E-state index in [4.69, 9.17) is 21.1 Å². The fourth-order valence-corrected chi connectivity index (χ4v) is 3.23. The standard InChI is InChI=1S/C24H29ClN2O5/c1-5-15(2)22(27-23(29)17-10-12-18(25)13-11-17)24(30)32-14-21(28)26-16(3)19-8-6-7-9-20(19)31-4/h6-13,15-16,22H,5,14H2,1-4H3,(H,26,28)(H,27,29)/t15-,16?,22-/m0/s1. The van der Waals surface area contributed by atoms with Crippen molar-refractivity contribution in [3.63, 3.8) is 0 Å². The molecule has 0 spiro atoms. The van der Waals surface area contributed by atoms with Gasteiger partial charge in [0.2, 0.25) is 0 Å². The summed E-state index contributed by atoms with van der Waals surface area (Å²) >= 11 is 5.86. The Kier molecular flexibility index (Phi) is 9.53. The molecule has 2 amide bonds. The lowest BCUT2D eigenvalue weighted by molar-refractivity contribution is -0.151. The summed E-state index contributed by atoms with van der Waals surface area (Å²) in [4.78, 5) is 37.5. The third-order valence-electron chi connectivity index (χ3n) is 5.19. The highest BCUT2D eigenvalue weighted by molar-refractivity contribution is 6.30. The molecule has 3 atom stereocenters. The quantitative estimate of drug-likeness (QED) is 0.524. The Balaban J connectivity index is 1.96. The first-order valence-electron chi connectivity index (χ1n) is 10.4. The van der Waals surface area contributed by atoms with Gasteiger partial charge in [-0.2, -0.15) is 0 Å². The number of methoxy groups -OCH3 is 1. The molecule has 0 heterocycles. The molecule has 8 heteroatoms. The number of rotatable bonds is 10. The molecule has 0 radical (unpaired) electrons. The molecule has 2 aromatic rings. The van der Waals surface area contributed by atoms with E-state index in [1.807, 2.05) is 39.0 Å². The molecule has 0 aromatic heterocycles. The lowest BCUT2D eigenvalue weighted by Gasteiger charge is -2.23. The molecule has 0 saturated heterocycles. The lowest BCUT2D eigenvalue weighted by atomic mass is 9.99. The van der Waals surface area contributed by atoms with Crippen LogP contribution in [0.3, 0.4) is 0 Å². The Morgan fingerprint density at radius 1 is 1.00 bits per heavy atom. The number of amides is 2. The smallest absolute Gasteiger partial charge is 0.329 e. The molecule has 172 valence electrons. The van der Waals surface area contributed by atoms with Crippen LogP contribution in [0.5, 0.6) is 5.75 Å². The molecule has 1 unspecified atom stereocenters. The van der Waals surface area contributed by atoms with Crippen LogP contribution in [0.15, 0.2) is 48.5 Å². The maximum absolute atomic E-state index is 12.7. The van der Waals surface area contributed by atoms with Gasteiger partial charge in [-0.05, 0) is 43.2 Å². The number of nitrogens with one attached hydrogen (secondary N) is 2. The van der Waals surface area contributed by atoms with E-state index in [1.54, 1.807) is 37.4 Å². The summed E-state index contributed by atoms with van der Waals surface area (Å²) in [6.07, 6.45) is 0.637. The maximum Gasteiger partial charge on any atom is 0.329 e. The molecule has 0 aliphatic heterocycles. The zero-order chi connectivity index (χ0) is 23.7. The number of hydrogen-bond donors (Lipinski definition) is 2. The van der Waals surface area contributed by atoms with Gasteiger partial charge in [-0.25, -0.2) is 4.79 Å². The minimum atomic E-state index is -0.886. The Bertz CT molecular complexity index is 932. The van der Waals surface area contributed by atoms with E-state index in [2.05, 4.69) is 10.6 Å². The summed E-state index contributed by atoms with van der Waals surface area (Å²) in [6, 6.07) is 12.5. The van der Waals surface area contributed by atoms with Crippen LogP contribution in [0, 0.1) is 5.92 Å². The molecule has 0 aliphatic carbocycles. The number of ether oxygens (including phenoxy) is 2. The van der Waals surface area contributed by atoms with E-state index in [0.717, 1.165) is 5.56 Å². The molecular formula is C24H29ClN2O5. The summed E-state index contributed by atoms with van der Waals surface area (Å²) in [6.45, 7) is 5.09. The van der Waals surface area contributed by atoms with Gasteiger partial charge in [-0.1, -0.05) is 50.1 Å². The average molecular weight is 461 g/mol. The van der Waals surface area contributed by atoms with Crippen molar-refractivity contribution < 1.29 is 23.9 Å². The molecule has 7 nitrogen and oxygen atoms in total. The highest BCUT2D eigenvalue weighted by Crippen LogP contribution is 2.24. The summed E-state index contributed by atoms with van der Waals surface area (Å²) in [7, 11) is 1.56. The molecule has 0 saturated carbocycles. The number of carbonyl (C=O) groups is 3. The van der Waals surface area contributed by atoms with Crippen molar-refractivity contribution in [3.8, 4) is 5.75 Å². The van der Waals surface area contributed by atoms with E-state index in [9.17, 15) is 14.4 Å². The Morgan fingerprint density at radius 2 is 1.66 bits per heavy atom. The topological polar surface area (TPSA) is 93.7 Å². The van der Waals surface area contributed by atoms with Crippen molar-refractivity contribution in [1.29, 1.82) is 0 Å². The van der Waals surface area contributed by atoms with Gasteiger partial charge in [-0.3, -0.25) is 9.59 Å². The largest absolute Gasteiger partial charge is 0.496 e. The van der Waals surface area contributed by atoms with Gasteiger partial charge in [0.05, 0.1) is 13.2 Å². The molecule has 0 fully saturated rings. The van der Waals surface area contributed by atoms with Crippen LogP contribution in [0.2, 0.25) is 5.02 Å². The van der Waals surface area contributed by atoms with Gasteiger partial charge in [0.25, 0.3) is 11.8 Å². The van der Waals surface area contributed by atoms with Gasteiger partial charge in [0, 0.05) is 16.1 Å². The minimum Gasteiger partial charge on any atom is -0.496 e. The summed E-state index contributed by atoms with van der Waals surface area (Å²) in [5.74, 6) is -1.07. The predicted molar refractivity (Wildman–Crippen MR) is 123 cm³/mol. The second kappa shape index (κ2) is 12.1. The summed E-state index contributed by atoms with van der Waals surface area (Å²) in [5, 5.41) is 6.00. The van der Waals surface area contributed by atoms with Crippen molar-refractivity contribution >= 4 is 29.4 Å². The van der Waals surface area contributed by atoms with Crippen molar-refractivity contribution in [2.45, 2.75) is 39.3 Å². The van der Waals surface area contributed by atoms with Crippen molar-refractivity contribution in [1.82, 2.24) is 10.6 Å². The van der Waals surface area contributed by atoms with Crippen LogP contribution in [0.1, 0.15) is 49.2 Å². The molecule has 2 rings (SSSR count). The van der Waals surface area contributed by atoms with E-state index >= 15 is 0 Å². The van der Waals surface area contributed by atoms with Crippen molar-refractivity contribution in [3.05, 3.63) is 64.7 Å². The Labute approximate surface area is 193 Å². The normalized spacial score (nSPS) is 13.4. The zero-order valence-electron chi connectivity index (χ0n) is 18.7. The molecule has 0 bridgehead atoms. The van der Waals surface area contributed by atoms with Crippen LogP contribution < -0.4 is 15.4 Å². The number of esters is 1. The summed E-state index contributed by atoms with van der Waals surface area (Å²) < 4.78 is 10.5. The first kappa shape index (κ1) is 25.2. The number of hydrogen-bond acceptors (Lipinski definition) is 5. The molecule has 32 heavy (non-hydrogen) atoms. The SMILES string of the molecule is CC[C@H](C)[C@H](NC(=O)c1ccc(Cl)cc1)C(=O)OCC(=O)NC(C)c1ccccc1OC. The van der Waals surface area contributed by atoms with Gasteiger partial charge in [-0.15, -0.1) is 0 Å². The van der Waals surface area contributed by atoms with Gasteiger partial charge < -0.3 is 20.1 Å². The van der Waals surface area contributed by atoms with Gasteiger partial charge in [0.15, 0.2) is 6.61 Å². The van der Waals surface area contributed by atoms with Gasteiger partial charge >= 0.3 is 5.97 Å². The highest BCUT2D eigenvalue weighted by Gasteiger charge is 2.28. The lowest BCUT2D eigenvalue weighted by Crippen LogP contribution is -2.46. The minimum absolute atomic E-state index is 0.186. The fraction of sp³-hybridized carbons (Fsp3) is 0.375. The Hall–Kier alpha value is -3.06. The van der Waals surface area contributed by atoms with Crippen LogP contribution in [0.25, 0.3) is 0 Å². The molecule has 2 N–H and O–H groups in total. The predicted octanol–water partition coefficient (Wildman–Crippen LogP) is 3.91.